The van der Waals surface area contributed by atoms with E-state index in [1.807, 2.05) is 12.1 Å². The Morgan fingerprint density at radius 3 is 3.22 bits per heavy atom. The zero-order chi connectivity index (χ0) is 12.8. The van der Waals surface area contributed by atoms with Gasteiger partial charge in [0.25, 0.3) is 0 Å². The van der Waals surface area contributed by atoms with Crippen LogP contribution in [0.2, 0.25) is 0 Å². The quantitative estimate of drug-likeness (QED) is 0.876. The fraction of sp³-hybridized carbons (Fsp3) is 0.571. The molecule has 1 aromatic rings. The predicted octanol–water partition coefficient (Wildman–Crippen LogP) is 1.53. The minimum absolute atomic E-state index is 0.552. The Labute approximate surface area is 109 Å². The van der Waals surface area contributed by atoms with Crippen molar-refractivity contribution in [3.05, 3.63) is 29.6 Å². The fourth-order valence-electron chi connectivity index (χ4n) is 2.51. The molecule has 0 aromatic carbocycles. The van der Waals surface area contributed by atoms with E-state index in [0.29, 0.717) is 11.7 Å². The molecule has 1 unspecified atom stereocenters. The highest BCUT2D eigenvalue weighted by Crippen LogP contribution is 2.15. The standard InChI is InChI=1S/C14H20N4/c1-18(13-5-3-7-16-9-6-13)11-12-4-2-8-17-14(12)10-15/h2,4,8,13,16H,3,5-7,9,11H2,1H3. The molecule has 4 heteroatoms. The van der Waals surface area contributed by atoms with Gasteiger partial charge in [0.05, 0.1) is 0 Å². The number of nitriles is 1. The molecule has 1 aliphatic rings. The third kappa shape index (κ3) is 3.28. The van der Waals surface area contributed by atoms with Crippen LogP contribution in [0.25, 0.3) is 0 Å². The van der Waals surface area contributed by atoms with E-state index in [0.717, 1.165) is 25.2 Å². The molecule has 1 atom stereocenters. The molecule has 0 amide bonds. The summed E-state index contributed by atoms with van der Waals surface area (Å²) < 4.78 is 0. The lowest BCUT2D eigenvalue weighted by Crippen LogP contribution is -2.32. The molecule has 18 heavy (non-hydrogen) atoms. The van der Waals surface area contributed by atoms with Crippen LogP contribution in [0.3, 0.4) is 0 Å². The molecule has 0 bridgehead atoms. The maximum Gasteiger partial charge on any atom is 0.144 e. The van der Waals surface area contributed by atoms with Crippen molar-refractivity contribution in [2.75, 3.05) is 20.1 Å². The number of hydrogen-bond acceptors (Lipinski definition) is 4. The Balaban J connectivity index is 2.01. The van der Waals surface area contributed by atoms with Crippen molar-refractivity contribution >= 4 is 0 Å². The van der Waals surface area contributed by atoms with Crippen molar-refractivity contribution in [3.8, 4) is 6.07 Å². The maximum atomic E-state index is 9.05. The lowest BCUT2D eigenvalue weighted by molar-refractivity contribution is 0.216. The first-order valence-electron chi connectivity index (χ1n) is 6.56. The zero-order valence-electron chi connectivity index (χ0n) is 10.9. The minimum Gasteiger partial charge on any atom is -0.317 e. The van der Waals surface area contributed by atoms with E-state index in [9.17, 15) is 0 Å². The van der Waals surface area contributed by atoms with Crippen molar-refractivity contribution in [2.45, 2.75) is 31.8 Å². The highest BCUT2D eigenvalue weighted by Gasteiger charge is 2.17. The van der Waals surface area contributed by atoms with Crippen molar-refractivity contribution in [1.29, 1.82) is 5.26 Å². The summed E-state index contributed by atoms with van der Waals surface area (Å²) in [4.78, 5) is 6.47. The Bertz CT molecular complexity index is 416. The maximum absolute atomic E-state index is 9.05. The monoisotopic (exact) mass is 244 g/mol. The second-order valence-corrected chi connectivity index (χ2v) is 4.87. The van der Waals surface area contributed by atoms with Gasteiger partial charge in [0.2, 0.25) is 0 Å². The number of pyridine rings is 1. The first kappa shape index (κ1) is 13.0. The summed E-state index contributed by atoms with van der Waals surface area (Å²) in [6.07, 6.45) is 5.31. The number of aromatic nitrogens is 1. The molecular formula is C14H20N4. The average Bonchev–Trinajstić information content (AvgIpc) is 2.68. The van der Waals surface area contributed by atoms with Crippen LogP contribution in [-0.2, 0) is 6.54 Å². The molecule has 1 fully saturated rings. The highest BCUT2D eigenvalue weighted by atomic mass is 15.1. The van der Waals surface area contributed by atoms with E-state index >= 15 is 0 Å². The fourth-order valence-corrected chi connectivity index (χ4v) is 2.51. The molecule has 0 spiro atoms. The molecule has 96 valence electrons. The van der Waals surface area contributed by atoms with Gasteiger partial charge in [-0.15, -0.1) is 0 Å². The van der Waals surface area contributed by atoms with Gasteiger partial charge in [0, 0.05) is 24.3 Å². The summed E-state index contributed by atoms with van der Waals surface area (Å²) in [5.74, 6) is 0. The van der Waals surface area contributed by atoms with Crippen molar-refractivity contribution in [3.63, 3.8) is 0 Å². The van der Waals surface area contributed by atoms with Gasteiger partial charge in [-0.25, -0.2) is 4.98 Å². The Hall–Kier alpha value is -1.44. The molecule has 1 saturated heterocycles. The summed E-state index contributed by atoms with van der Waals surface area (Å²) in [6, 6.07) is 6.67. The third-order valence-electron chi connectivity index (χ3n) is 3.59. The van der Waals surface area contributed by atoms with Gasteiger partial charge < -0.3 is 5.32 Å². The number of nitrogens with one attached hydrogen (secondary N) is 1. The lowest BCUT2D eigenvalue weighted by atomic mass is 10.1. The van der Waals surface area contributed by atoms with Gasteiger partial charge in [-0.05, 0) is 45.5 Å². The van der Waals surface area contributed by atoms with Gasteiger partial charge in [0.15, 0.2) is 0 Å². The van der Waals surface area contributed by atoms with Crippen LogP contribution in [0.1, 0.15) is 30.5 Å². The highest BCUT2D eigenvalue weighted by molar-refractivity contribution is 5.30. The van der Waals surface area contributed by atoms with Crippen LogP contribution in [0.15, 0.2) is 18.3 Å². The molecule has 1 N–H and O–H groups in total. The van der Waals surface area contributed by atoms with Crippen molar-refractivity contribution in [2.24, 2.45) is 0 Å². The van der Waals surface area contributed by atoms with Crippen molar-refractivity contribution in [1.82, 2.24) is 15.2 Å². The average molecular weight is 244 g/mol. The molecule has 1 aromatic heterocycles. The van der Waals surface area contributed by atoms with E-state index in [4.69, 9.17) is 5.26 Å². The number of nitrogens with zero attached hydrogens (tertiary/aromatic N) is 3. The van der Waals surface area contributed by atoms with E-state index in [2.05, 4.69) is 28.3 Å². The zero-order valence-corrected chi connectivity index (χ0v) is 10.9. The Morgan fingerprint density at radius 1 is 1.50 bits per heavy atom. The molecule has 1 aliphatic heterocycles. The predicted molar refractivity (Wildman–Crippen MR) is 70.9 cm³/mol. The minimum atomic E-state index is 0.552. The van der Waals surface area contributed by atoms with E-state index in [1.165, 1.54) is 19.3 Å². The van der Waals surface area contributed by atoms with Crippen LogP contribution < -0.4 is 5.32 Å². The van der Waals surface area contributed by atoms with Gasteiger partial charge in [-0.1, -0.05) is 6.07 Å². The molecule has 2 rings (SSSR count). The Kier molecular flexibility index (Phi) is 4.68. The van der Waals surface area contributed by atoms with Crippen LogP contribution in [0, 0.1) is 11.3 Å². The third-order valence-corrected chi connectivity index (χ3v) is 3.59. The van der Waals surface area contributed by atoms with Crippen LogP contribution in [-0.4, -0.2) is 36.1 Å². The van der Waals surface area contributed by atoms with Crippen LogP contribution >= 0.6 is 0 Å². The molecule has 0 aliphatic carbocycles. The topological polar surface area (TPSA) is 52.0 Å². The molecular weight excluding hydrogens is 224 g/mol. The largest absolute Gasteiger partial charge is 0.317 e. The lowest BCUT2D eigenvalue weighted by Gasteiger charge is -2.26. The van der Waals surface area contributed by atoms with Crippen LogP contribution in [0.5, 0.6) is 0 Å². The normalized spacial score (nSPS) is 20.4. The number of rotatable bonds is 3. The van der Waals surface area contributed by atoms with Gasteiger partial charge >= 0.3 is 0 Å². The Morgan fingerprint density at radius 2 is 2.39 bits per heavy atom. The summed E-state index contributed by atoms with van der Waals surface area (Å²) >= 11 is 0. The molecule has 4 nitrogen and oxygen atoms in total. The SMILES string of the molecule is CN(Cc1cccnc1C#N)C1CCCNCC1. The van der Waals surface area contributed by atoms with E-state index in [1.54, 1.807) is 6.20 Å². The van der Waals surface area contributed by atoms with Gasteiger partial charge in [-0.2, -0.15) is 5.26 Å². The van der Waals surface area contributed by atoms with E-state index in [-0.39, 0.29) is 0 Å². The summed E-state index contributed by atoms with van der Waals surface area (Å²) in [7, 11) is 2.14. The second kappa shape index (κ2) is 6.48. The first-order chi connectivity index (χ1) is 8.81. The summed E-state index contributed by atoms with van der Waals surface area (Å²) in [5, 5.41) is 12.5. The first-order valence-corrected chi connectivity index (χ1v) is 6.56. The molecule has 0 radical (unpaired) electrons. The van der Waals surface area contributed by atoms with Crippen molar-refractivity contribution < 1.29 is 0 Å². The van der Waals surface area contributed by atoms with E-state index < -0.39 is 0 Å². The molecule has 0 saturated carbocycles. The van der Waals surface area contributed by atoms with Gasteiger partial charge in [-0.3, -0.25) is 4.90 Å². The number of hydrogen-bond donors (Lipinski definition) is 1. The summed E-state index contributed by atoms with van der Waals surface area (Å²) in [5.41, 5.74) is 1.58. The second-order valence-electron chi connectivity index (χ2n) is 4.87. The summed E-state index contributed by atoms with van der Waals surface area (Å²) in [6.45, 7) is 3.02. The molecule has 2 heterocycles. The van der Waals surface area contributed by atoms with Gasteiger partial charge in [0.1, 0.15) is 11.8 Å². The smallest absolute Gasteiger partial charge is 0.144 e. The van der Waals surface area contributed by atoms with Crippen LogP contribution in [0.4, 0.5) is 0 Å².